The minimum atomic E-state index is -0.455. The topological polar surface area (TPSA) is 70.7 Å². The number of anilines is 1. The lowest BCUT2D eigenvalue weighted by Gasteiger charge is -2.27. The molecule has 27 heavy (non-hydrogen) atoms. The van der Waals surface area contributed by atoms with Gasteiger partial charge in [0.25, 0.3) is 0 Å². The molecule has 5 nitrogen and oxygen atoms in total. The average Bonchev–Trinajstić information content (AvgIpc) is 2.67. The van der Waals surface area contributed by atoms with Gasteiger partial charge in [0.05, 0.1) is 23.5 Å². The van der Waals surface area contributed by atoms with E-state index in [4.69, 9.17) is 10.1 Å². The van der Waals surface area contributed by atoms with Crippen LogP contribution in [0.5, 0.6) is 5.75 Å². The summed E-state index contributed by atoms with van der Waals surface area (Å²) in [5.41, 5.74) is 4.21. The second-order valence-corrected chi connectivity index (χ2v) is 6.60. The van der Waals surface area contributed by atoms with Crippen LogP contribution < -0.4 is 15.2 Å². The van der Waals surface area contributed by atoms with Crippen molar-refractivity contribution in [3.63, 3.8) is 0 Å². The summed E-state index contributed by atoms with van der Waals surface area (Å²) >= 11 is 0. The van der Waals surface area contributed by atoms with Crippen molar-refractivity contribution in [1.29, 1.82) is 0 Å². The Morgan fingerprint density at radius 3 is 2.93 bits per heavy atom. The zero-order valence-corrected chi connectivity index (χ0v) is 14.8. The van der Waals surface area contributed by atoms with Gasteiger partial charge in [0.1, 0.15) is 17.8 Å². The van der Waals surface area contributed by atoms with Crippen molar-refractivity contribution in [3.8, 4) is 5.75 Å². The Kier molecular flexibility index (Phi) is 4.33. The Hall–Kier alpha value is -3.25. The molecule has 2 heterocycles. The summed E-state index contributed by atoms with van der Waals surface area (Å²) in [6.07, 6.45) is 5.44. The zero-order valence-electron chi connectivity index (χ0n) is 14.8. The van der Waals surface area contributed by atoms with Gasteiger partial charge in [0.15, 0.2) is 5.75 Å². The van der Waals surface area contributed by atoms with E-state index in [0.29, 0.717) is 23.4 Å². The number of nitrogens with two attached hydrogens (primary N) is 1. The number of hydroxylamine groups is 1. The third-order valence-electron chi connectivity index (χ3n) is 4.68. The fourth-order valence-corrected chi connectivity index (χ4v) is 3.22. The maximum absolute atomic E-state index is 13.7. The van der Waals surface area contributed by atoms with Gasteiger partial charge in [-0.2, -0.15) is 0 Å². The minimum absolute atomic E-state index is 0.205. The molecular formula is C21H19FN3O2+. The molecule has 4 rings (SSSR count). The Bertz CT molecular complexity index is 1010. The van der Waals surface area contributed by atoms with Gasteiger partial charge >= 0.3 is 0 Å². The number of ether oxygens (including phenoxy) is 1. The van der Waals surface area contributed by atoms with Gasteiger partial charge in [0, 0.05) is 11.6 Å². The van der Waals surface area contributed by atoms with Crippen LogP contribution in [0.2, 0.25) is 0 Å². The monoisotopic (exact) mass is 364 g/mol. The molecule has 0 saturated heterocycles. The summed E-state index contributed by atoms with van der Waals surface area (Å²) in [6.45, 7) is 1.89. The van der Waals surface area contributed by atoms with Crippen molar-refractivity contribution in [2.75, 3.05) is 5.06 Å². The van der Waals surface area contributed by atoms with E-state index in [1.165, 1.54) is 24.5 Å². The second-order valence-electron chi connectivity index (χ2n) is 6.60. The number of rotatable bonds is 0. The highest BCUT2D eigenvalue weighted by Gasteiger charge is 2.22. The number of aliphatic imine (C=N–C) groups is 1. The molecule has 0 radical (unpaired) electrons. The number of halogens is 1. The Labute approximate surface area is 156 Å². The molecule has 0 spiro atoms. The van der Waals surface area contributed by atoms with Crippen LogP contribution in [-0.2, 0) is 6.42 Å². The lowest BCUT2D eigenvalue weighted by molar-refractivity contribution is -0.109. The van der Waals surface area contributed by atoms with E-state index in [1.807, 2.05) is 37.3 Å². The van der Waals surface area contributed by atoms with Gasteiger partial charge in [-0.05, 0) is 37.1 Å². The van der Waals surface area contributed by atoms with Crippen LogP contribution in [-0.4, -0.2) is 23.2 Å². The first-order chi connectivity index (χ1) is 13.0. The predicted molar refractivity (Wildman–Crippen MR) is 102 cm³/mol. The van der Waals surface area contributed by atoms with Gasteiger partial charge in [-0.15, -0.1) is 0 Å². The lowest BCUT2D eigenvalue weighted by Crippen LogP contribution is -2.42. The highest BCUT2D eigenvalue weighted by molar-refractivity contribution is 6.38. The summed E-state index contributed by atoms with van der Waals surface area (Å²) < 4.78 is 19.4. The van der Waals surface area contributed by atoms with E-state index in [2.05, 4.69) is 4.99 Å². The number of hydrogen-bond acceptors (Lipinski definition) is 4. The molecule has 3 N–H and O–H groups in total. The maximum Gasteiger partial charge on any atom is 0.225 e. The van der Waals surface area contributed by atoms with Crippen LogP contribution in [0, 0.1) is 5.82 Å². The van der Waals surface area contributed by atoms with E-state index < -0.39 is 5.82 Å². The molecule has 1 unspecified atom stereocenters. The summed E-state index contributed by atoms with van der Waals surface area (Å²) in [5.74, 6) is -0.250. The van der Waals surface area contributed by atoms with E-state index in [1.54, 1.807) is 6.21 Å². The van der Waals surface area contributed by atoms with Crippen LogP contribution in [0.25, 0.3) is 5.70 Å². The Morgan fingerprint density at radius 1 is 1.26 bits per heavy atom. The van der Waals surface area contributed by atoms with Crippen LogP contribution in [0.3, 0.4) is 0 Å². The van der Waals surface area contributed by atoms with Gasteiger partial charge in [-0.3, -0.25) is 15.7 Å². The third kappa shape index (κ3) is 3.27. The van der Waals surface area contributed by atoms with Gasteiger partial charge in [0.2, 0.25) is 5.71 Å². The summed E-state index contributed by atoms with van der Waals surface area (Å²) in [6, 6.07) is 11.6. The van der Waals surface area contributed by atoms with E-state index in [0.717, 1.165) is 21.9 Å². The van der Waals surface area contributed by atoms with Crippen molar-refractivity contribution in [2.45, 2.75) is 19.4 Å². The van der Waals surface area contributed by atoms with Crippen molar-refractivity contribution >= 4 is 23.3 Å². The van der Waals surface area contributed by atoms with Crippen molar-refractivity contribution < 1.29 is 19.7 Å². The summed E-state index contributed by atoms with van der Waals surface area (Å²) in [5, 5.41) is 17.9. The van der Waals surface area contributed by atoms with Crippen LogP contribution >= 0.6 is 0 Å². The zero-order chi connectivity index (χ0) is 19.0. The summed E-state index contributed by atoms with van der Waals surface area (Å²) in [4.78, 5) is 4.44. The SMILES string of the molecule is CC1Cc2ccccc2C2=C/C(=C\Oc3cc(F)ccc3N1O)C(=[NH2+])C=N2. The molecule has 6 heteroatoms. The Balaban J connectivity index is 1.90. The molecule has 2 aromatic carbocycles. The molecule has 0 fully saturated rings. The number of hydrogen-bond donors (Lipinski definition) is 2. The first kappa shape index (κ1) is 17.2. The second kappa shape index (κ2) is 6.81. The fourth-order valence-electron chi connectivity index (χ4n) is 3.22. The normalized spacial score (nSPS) is 20.9. The molecule has 2 aliphatic rings. The van der Waals surface area contributed by atoms with Crippen LogP contribution in [0.1, 0.15) is 18.1 Å². The molecule has 2 aromatic rings. The van der Waals surface area contributed by atoms with Crippen molar-refractivity contribution in [2.24, 2.45) is 4.99 Å². The molecule has 0 amide bonds. The molecule has 2 bridgehead atoms. The smallest absolute Gasteiger partial charge is 0.225 e. The molecular weight excluding hydrogens is 345 g/mol. The van der Waals surface area contributed by atoms with Crippen molar-refractivity contribution in [1.82, 2.24) is 0 Å². The number of nitrogens with zero attached hydrogens (tertiary/aromatic N) is 2. The van der Waals surface area contributed by atoms with Gasteiger partial charge < -0.3 is 4.74 Å². The van der Waals surface area contributed by atoms with Crippen molar-refractivity contribution in [3.05, 3.63) is 77.3 Å². The lowest BCUT2D eigenvalue weighted by atomic mass is 9.96. The summed E-state index contributed by atoms with van der Waals surface area (Å²) in [7, 11) is 0. The number of allylic oxidation sites excluding steroid dienone is 2. The largest absolute Gasteiger partial charge is 0.462 e. The first-order valence-electron chi connectivity index (χ1n) is 8.64. The highest BCUT2D eigenvalue weighted by Crippen LogP contribution is 2.33. The van der Waals surface area contributed by atoms with E-state index in [9.17, 15) is 9.60 Å². The third-order valence-corrected chi connectivity index (χ3v) is 4.68. The van der Waals surface area contributed by atoms with Gasteiger partial charge in [-0.1, -0.05) is 24.3 Å². The quantitative estimate of drug-likeness (QED) is 0.755. The molecule has 2 aliphatic heterocycles. The highest BCUT2D eigenvalue weighted by atomic mass is 19.1. The van der Waals surface area contributed by atoms with E-state index in [-0.39, 0.29) is 11.8 Å². The number of fused-ring (bicyclic) bond motifs is 4. The number of benzene rings is 2. The average molecular weight is 364 g/mol. The van der Waals surface area contributed by atoms with Crippen LogP contribution in [0.15, 0.2) is 65.4 Å². The minimum Gasteiger partial charge on any atom is -0.462 e. The van der Waals surface area contributed by atoms with Crippen LogP contribution in [0.4, 0.5) is 10.1 Å². The standard InChI is InChI=1S/C21H18FN3O2/c1-13-8-14-4-2-3-5-17(14)19-9-15(18(23)11-24-19)12-27-21-10-16(22)6-7-20(21)25(13)26/h2-7,9-13,23,26H,8H2,1H3/p+1/b15-12+,23-18?. The molecule has 0 aromatic heterocycles. The first-order valence-corrected chi connectivity index (χ1v) is 8.64. The van der Waals surface area contributed by atoms with Gasteiger partial charge in [-0.25, -0.2) is 9.38 Å². The predicted octanol–water partition coefficient (Wildman–Crippen LogP) is 2.55. The maximum atomic E-state index is 13.7. The molecule has 1 atom stereocenters. The van der Waals surface area contributed by atoms with E-state index >= 15 is 0 Å². The Morgan fingerprint density at radius 2 is 2.07 bits per heavy atom. The fraction of sp³-hybridized carbons (Fsp3) is 0.143. The molecule has 136 valence electrons. The molecule has 0 aliphatic carbocycles. The molecule has 0 saturated carbocycles.